The fourth-order valence-corrected chi connectivity index (χ4v) is 3.78. The van der Waals surface area contributed by atoms with Gasteiger partial charge < -0.3 is 25.2 Å². The van der Waals surface area contributed by atoms with E-state index in [1.807, 2.05) is 0 Å². The van der Waals surface area contributed by atoms with Crippen LogP contribution >= 0.6 is 0 Å². The lowest BCUT2D eigenvalue weighted by Crippen LogP contribution is -2.03. The monoisotopic (exact) mass is 506 g/mol. The summed E-state index contributed by atoms with van der Waals surface area (Å²) in [4.78, 5) is 0. The Hall–Kier alpha value is -0.200. The molecule has 0 rings (SSSR count). The number of hydrogen-bond donors (Lipinski definition) is 4. The summed E-state index contributed by atoms with van der Waals surface area (Å²) >= 11 is 0. The fourth-order valence-electron chi connectivity index (χ4n) is 3.78. The van der Waals surface area contributed by atoms with Crippen molar-refractivity contribution in [2.24, 2.45) is 0 Å². The minimum atomic E-state index is 0.0278. The Morgan fingerprint density at radius 1 is 0.314 bits per heavy atom. The number of aliphatic hydroxyl groups is 4. The quantitative estimate of drug-likeness (QED) is 0.0908. The van der Waals surface area contributed by atoms with Gasteiger partial charge in [-0.15, -0.1) is 0 Å². The smallest absolute Gasteiger partial charge is 0.0698 e. The van der Waals surface area contributed by atoms with Crippen molar-refractivity contribution in [1.82, 2.24) is 0 Å². The molecule has 0 radical (unpaired) electrons. The lowest BCUT2D eigenvalue weighted by molar-refractivity contribution is 0.0650. The van der Waals surface area contributed by atoms with E-state index in [4.69, 9.17) is 20.4 Å². The number of rotatable bonds is 26. The molecule has 35 heavy (non-hydrogen) atoms. The number of hydrogen-bond acceptors (Lipinski definition) is 5. The van der Waals surface area contributed by atoms with Crippen LogP contribution in [-0.2, 0) is 4.74 Å². The van der Waals surface area contributed by atoms with E-state index in [9.17, 15) is 0 Å². The molecule has 0 saturated carbocycles. The van der Waals surface area contributed by atoms with Crippen molar-refractivity contribution in [2.45, 2.75) is 155 Å². The summed E-state index contributed by atoms with van der Waals surface area (Å²) in [5.41, 5.74) is 0. The van der Waals surface area contributed by atoms with E-state index in [-0.39, 0.29) is 13.2 Å². The van der Waals surface area contributed by atoms with Gasteiger partial charge in [0.15, 0.2) is 0 Å². The first-order chi connectivity index (χ1) is 17.2. The predicted octanol–water partition coefficient (Wildman–Crippen LogP) is 7.57. The van der Waals surface area contributed by atoms with Crippen molar-refractivity contribution in [2.75, 3.05) is 39.6 Å². The van der Waals surface area contributed by atoms with E-state index in [0.29, 0.717) is 26.4 Å². The second-order valence-corrected chi connectivity index (χ2v) is 9.58. The van der Waals surface area contributed by atoms with Crippen molar-refractivity contribution >= 4 is 0 Å². The average molecular weight is 507 g/mol. The third-order valence-electron chi connectivity index (χ3n) is 5.99. The van der Waals surface area contributed by atoms with Crippen LogP contribution in [0.5, 0.6) is 0 Å². The minimum absolute atomic E-state index is 0.0278. The molecule has 0 spiro atoms. The largest absolute Gasteiger partial charge is 0.396 e. The molecule has 216 valence electrons. The van der Waals surface area contributed by atoms with Gasteiger partial charge in [0.25, 0.3) is 0 Å². The Labute approximate surface area is 220 Å². The lowest BCUT2D eigenvalue weighted by Gasteiger charge is -2.01. The molecular weight excluding hydrogens is 440 g/mol. The third-order valence-corrected chi connectivity index (χ3v) is 5.99. The highest BCUT2D eigenvalue weighted by Gasteiger charge is 1.93. The van der Waals surface area contributed by atoms with Gasteiger partial charge in [-0.25, -0.2) is 0 Å². The Morgan fingerprint density at radius 3 is 0.743 bits per heavy atom. The van der Waals surface area contributed by atoms with Crippen LogP contribution in [0.4, 0.5) is 0 Å². The van der Waals surface area contributed by atoms with Gasteiger partial charge in [0, 0.05) is 13.2 Å². The molecule has 0 aliphatic carbocycles. The maximum Gasteiger partial charge on any atom is 0.0698 e. The summed E-state index contributed by atoms with van der Waals surface area (Å²) in [5.74, 6) is 0. The van der Waals surface area contributed by atoms with E-state index in [0.717, 1.165) is 12.8 Å². The highest BCUT2D eigenvalue weighted by atomic mass is 16.5. The Kier molecular flexibility index (Phi) is 49.2. The maximum absolute atomic E-state index is 8.61. The summed E-state index contributed by atoms with van der Waals surface area (Å²) in [6, 6.07) is 0. The lowest BCUT2D eigenvalue weighted by atomic mass is 10.1. The molecule has 0 atom stereocenters. The van der Waals surface area contributed by atoms with E-state index in [1.54, 1.807) is 0 Å². The minimum Gasteiger partial charge on any atom is -0.396 e. The first-order valence-corrected chi connectivity index (χ1v) is 15.3. The van der Waals surface area contributed by atoms with E-state index >= 15 is 0 Å². The molecule has 0 unspecified atom stereocenters. The molecule has 0 saturated heterocycles. The van der Waals surface area contributed by atoms with Crippen LogP contribution in [0.25, 0.3) is 0 Å². The summed E-state index contributed by atoms with van der Waals surface area (Å²) in [7, 11) is 0. The summed E-state index contributed by atoms with van der Waals surface area (Å²) in [6.45, 7) is 5.97. The molecular formula is C30H66O5. The van der Waals surface area contributed by atoms with Gasteiger partial charge in [0.2, 0.25) is 0 Å². The van der Waals surface area contributed by atoms with Crippen LogP contribution < -0.4 is 0 Å². The van der Waals surface area contributed by atoms with Crippen molar-refractivity contribution in [3.63, 3.8) is 0 Å². The predicted molar refractivity (Wildman–Crippen MR) is 152 cm³/mol. The highest BCUT2D eigenvalue weighted by Crippen LogP contribution is 2.12. The molecule has 0 aromatic heterocycles. The summed E-state index contributed by atoms with van der Waals surface area (Å²) in [6.07, 6.45) is 29.6. The van der Waals surface area contributed by atoms with Crippen LogP contribution in [0, 0.1) is 0 Å². The number of unbranched alkanes of at least 4 members (excludes halogenated alkanes) is 20. The van der Waals surface area contributed by atoms with Gasteiger partial charge in [-0.05, 0) is 12.8 Å². The SMILES string of the molecule is CCCCCCCCCCCCCCO.CCCCCCCCCCCCO.OCCOCCO. The van der Waals surface area contributed by atoms with Crippen LogP contribution in [0.2, 0.25) is 0 Å². The molecule has 0 amide bonds. The van der Waals surface area contributed by atoms with Crippen molar-refractivity contribution in [3.05, 3.63) is 0 Å². The zero-order valence-electron chi connectivity index (χ0n) is 24.0. The Bertz CT molecular complexity index is 276. The second-order valence-electron chi connectivity index (χ2n) is 9.58. The molecule has 0 aliphatic rings. The van der Waals surface area contributed by atoms with Crippen LogP contribution in [0.15, 0.2) is 0 Å². The van der Waals surface area contributed by atoms with Crippen LogP contribution in [0.3, 0.4) is 0 Å². The normalized spacial score (nSPS) is 10.5. The fraction of sp³-hybridized carbons (Fsp3) is 1.00. The topological polar surface area (TPSA) is 90.2 Å². The van der Waals surface area contributed by atoms with Gasteiger partial charge in [0.1, 0.15) is 0 Å². The number of ether oxygens (including phenoxy) is 1. The van der Waals surface area contributed by atoms with Gasteiger partial charge >= 0.3 is 0 Å². The maximum atomic E-state index is 8.61. The summed E-state index contributed by atoms with van der Waals surface area (Å²) in [5, 5.41) is 33.3. The highest BCUT2D eigenvalue weighted by molar-refractivity contribution is 4.48. The number of aliphatic hydroxyl groups excluding tert-OH is 4. The molecule has 0 aromatic carbocycles. The molecule has 0 aromatic rings. The molecule has 0 fully saturated rings. The van der Waals surface area contributed by atoms with E-state index < -0.39 is 0 Å². The Morgan fingerprint density at radius 2 is 0.543 bits per heavy atom. The van der Waals surface area contributed by atoms with Crippen molar-refractivity contribution in [3.8, 4) is 0 Å². The molecule has 0 heterocycles. The standard InChI is InChI=1S/C14H30O.C12H26O.C4H10O3/c1-2-3-4-5-6-7-8-9-10-11-12-13-14-15;1-2-3-4-5-6-7-8-9-10-11-12-13;5-1-3-7-4-2-6/h15H,2-14H2,1H3;13H,2-12H2,1H3;5-6H,1-4H2. The van der Waals surface area contributed by atoms with Gasteiger partial charge in [-0.2, -0.15) is 0 Å². The Balaban J connectivity index is -0.000000467. The third kappa shape index (κ3) is 51.3. The van der Waals surface area contributed by atoms with Crippen molar-refractivity contribution < 1.29 is 25.2 Å². The first kappa shape index (κ1) is 39.3. The van der Waals surface area contributed by atoms with Crippen LogP contribution in [0.1, 0.15) is 155 Å². The molecule has 0 bridgehead atoms. The first-order valence-electron chi connectivity index (χ1n) is 15.3. The molecule has 5 heteroatoms. The van der Waals surface area contributed by atoms with Crippen molar-refractivity contribution in [1.29, 1.82) is 0 Å². The van der Waals surface area contributed by atoms with Gasteiger partial charge in [0.05, 0.1) is 26.4 Å². The zero-order valence-corrected chi connectivity index (χ0v) is 24.0. The van der Waals surface area contributed by atoms with Gasteiger partial charge in [-0.1, -0.05) is 142 Å². The zero-order chi connectivity index (χ0) is 26.5. The van der Waals surface area contributed by atoms with Crippen LogP contribution in [-0.4, -0.2) is 60.1 Å². The molecule has 0 aliphatic heterocycles. The van der Waals surface area contributed by atoms with E-state index in [1.165, 1.54) is 128 Å². The average Bonchev–Trinajstić information content (AvgIpc) is 2.87. The summed E-state index contributed by atoms with van der Waals surface area (Å²) < 4.78 is 4.63. The molecule has 5 nitrogen and oxygen atoms in total. The second kappa shape index (κ2) is 43.8. The van der Waals surface area contributed by atoms with Gasteiger partial charge in [-0.3, -0.25) is 0 Å². The molecule has 4 N–H and O–H groups in total. The van der Waals surface area contributed by atoms with E-state index in [2.05, 4.69) is 18.6 Å².